The van der Waals surface area contributed by atoms with Gasteiger partial charge in [-0.2, -0.15) is 13.2 Å². The fraction of sp³-hybridized carbons (Fsp3) is 0.643. The van der Waals surface area contributed by atoms with Crippen molar-refractivity contribution in [2.75, 3.05) is 13.1 Å². The molecule has 5 nitrogen and oxygen atoms in total. The van der Waals surface area contributed by atoms with Crippen LogP contribution in [0.25, 0.3) is 6.08 Å². The lowest BCUT2D eigenvalue weighted by atomic mass is 9.60. The second kappa shape index (κ2) is 9.75. The van der Waals surface area contributed by atoms with Gasteiger partial charge in [-0.1, -0.05) is 48.9 Å². The molecule has 3 aliphatic rings. The number of benzene rings is 1. The number of carbonyl (C=O) groups excluding carboxylic acids is 2. The topological polar surface area (TPSA) is 49.9 Å². The molecular formula is C28H37F3N2O3. The van der Waals surface area contributed by atoms with Crippen molar-refractivity contribution in [1.29, 1.82) is 0 Å². The van der Waals surface area contributed by atoms with Gasteiger partial charge in [0, 0.05) is 31.1 Å². The van der Waals surface area contributed by atoms with E-state index in [1.54, 1.807) is 4.90 Å². The van der Waals surface area contributed by atoms with Gasteiger partial charge in [0.2, 0.25) is 0 Å². The van der Waals surface area contributed by atoms with E-state index in [0.717, 1.165) is 35.3 Å². The second-order valence-electron chi connectivity index (χ2n) is 11.6. The first kappa shape index (κ1) is 26.6. The van der Waals surface area contributed by atoms with Crippen LogP contribution in [-0.4, -0.2) is 58.8 Å². The summed E-state index contributed by atoms with van der Waals surface area (Å²) < 4.78 is 46.3. The number of hydrogen-bond donors (Lipinski definition) is 0. The Bertz CT molecular complexity index is 984. The molecule has 1 saturated heterocycles. The van der Waals surface area contributed by atoms with Crippen LogP contribution in [0.5, 0.6) is 0 Å². The van der Waals surface area contributed by atoms with E-state index in [2.05, 4.69) is 6.08 Å². The molecular weight excluding hydrogens is 469 g/mol. The number of piperidine rings is 1. The van der Waals surface area contributed by atoms with Crippen LogP contribution in [0.2, 0.25) is 0 Å². The van der Waals surface area contributed by atoms with Crippen LogP contribution in [-0.2, 0) is 9.53 Å². The van der Waals surface area contributed by atoms with Gasteiger partial charge in [0.15, 0.2) is 0 Å². The Labute approximate surface area is 211 Å². The van der Waals surface area contributed by atoms with Gasteiger partial charge in [0.1, 0.15) is 5.60 Å². The fourth-order valence-corrected chi connectivity index (χ4v) is 5.89. The van der Waals surface area contributed by atoms with E-state index in [1.807, 2.05) is 58.0 Å². The maximum atomic E-state index is 13.6. The molecule has 0 N–H and O–H groups in total. The van der Waals surface area contributed by atoms with Crippen LogP contribution >= 0.6 is 0 Å². The molecule has 0 aromatic heterocycles. The standard InChI is InChI=1S/C28H37F3N2O3/c1-5-20(15-19-9-7-6-8-10-19)22-16-23(22)33(24(34)28(29,30)31)21-17-27(18-21)11-13-32(14-12-27)25(35)36-26(2,3)4/h6-10,15,21-23H,5,11-14,16-18H2,1-4H3/t22-,23+/m0/s1. The molecule has 2 aliphatic carbocycles. The van der Waals surface area contributed by atoms with Crippen molar-refractivity contribution >= 4 is 18.1 Å². The first-order chi connectivity index (χ1) is 16.8. The number of halogens is 3. The molecule has 1 aromatic rings. The number of ether oxygens (including phenoxy) is 1. The summed E-state index contributed by atoms with van der Waals surface area (Å²) in [6.45, 7) is 8.54. The summed E-state index contributed by atoms with van der Waals surface area (Å²) in [5.41, 5.74) is 1.43. The molecule has 8 heteroatoms. The molecule has 2 amide bonds. The van der Waals surface area contributed by atoms with Crippen LogP contribution in [0.1, 0.15) is 71.8 Å². The van der Waals surface area contributed by atoms with Crippen molar-refractivity contribution in [3.8, 4) is 0 Å². The molecule has 198 valence electrons. The molecule has 1 heterocycles. The first-order valence-corrected chi connectivity index (χ1v) is 12.9. The monoisotopic (exact) mass is 506 g/mol. The molecule has 1 aromatic carbocycles. The smallest absolute Gasteiger partial charge is 0.444 e. The van der Waals surface area contributed by atoms with Crippen LogP contribution in [0, 0.1) is 11.3 Å². The van der Waals surface area contributed by atoms with Gasteiger partial charge in [0.25, 0.3) is 0 Å². The Kier molecular flexibility index (Phi) is 7.19. The van der Waals surface area contributed by atoms with Gasteiger partial charge >= 0.3 is 18.2 Å². The number of likely N-dealkylation sites (tertiary alicyclic amines) is 1. The van der Waals surface area contributed by atoms with Gasteiger partial charge in [-0.25, -0.2) is 4.79 Å². The van der Waals surface area contributed by atoms with Crippen LogP contribution < -0.4 is 0 Å². The Balaban J connectivity index is 1.41. The lowest BCUT2D eigenvalue weighted by molar-refractivity contribution is -0.194. The van der Waals surface area contributed by atoms with Crippen LogP contribution in [0.4, 0.5) is 18.0 Å². The number of carbonyl (C=O) groups is 2. The summed E-state index contributed by atoms with van der Waals surface area (Å²) in [7, 11) is 0. The Hall–Kier alpha value is -2.51. The van der Waals surface area contributed by atoms with Crippen molar-refractivity contribution in [2.45, 2.75) is 90.1 Å². The molecule has 0 radical (unpaired) electrons. The third-order valence-electron chi connectivity index (χ3n) is 7.83. The van der Waals surface area contributed by atoms with E-state index >= 15 is 0 Å². The third-order valence-corrected chi connectivity index (χ3v) is 7.83. The highest BCUT2D eigenvalue weighted by molar-refractivity contribution is 5.83. The Morgan fingerprint density at radius 3 is 2.25 bits per heavy atom. The molecule has 1 aliphatic heterocycles. The highest BCUT2D eigenvalue weighted by atomic mass is 19.4. The van der Waals surface area contributed by atoms with E-state index < -0.39 is 29.8 Å². The van der Waals surface area contributed by atoms with Crippen molar-refractivity contribution in [1.82, 2.24) is 9.80 Å². The Morgan fingerprint density at radius 2 is 1.72 bits per heavy atom. The van der Waals surface area contributed by atoms with E-state index in [9.17, 15) is 22.8 Å². The van der Waals surface area contributed by atoms with E-state index in [-0.39, 0.29) is 17.4 Å². The van der Waals surface area contributed by atoms with Crippen molar-refractivity contribution in [3.05, 3.63) is 41.5 Å². The lowest BCUT2D eigenvalue weighted by Gasteiger charge is -2.55. The molecule has 1 spiro atoms. The summed E-state index contributed by atoms with van der Waals surface area (Å²) in [5.74, 6) is -1.75. The molecule has 2 saturated carbocycles. The Morgan fingerprint density at radius 1 is 1.11 bits per heavy atom. The highest BCUT2D eigenvalue weighted by Gasteiger charge is 2.59. The number of alkyl halides is 3. The minimum Gasteiger partial charge on any atom is -0.444 e. The lowest BCUT2D eigenvalue weighted by Crippen LogP contribution is -2.59. The molecule has 2 atom stereocenters. The predicted octanol–water partition coefficient (Wildman–Crippen LogP) is 6.44. The normalized spacial score (nSPS) is 24.3. The van der Waals surface area contributed by atoms with E-state index in [1.165, 1.54) is 0 Å². The third kappa shape index (κ3) is 5.89. The zero-order chi connectivity index (χ0) is 26.3. The van der Waals surface area contributed by atoms with Crippen molar-refractivity contribution in [2.24, 2.45) is 11.3 Å². The minimum atomic E-state index is -4.88. The van der Waals surface area contributed by atoms with E-state index in [4.69, 9.17) is 4.74 Å². The van der Waals surface area contributed by atoms with Crippen molar-refractivity contribution in [3.63, 3.8) is 0 Å². The minimum absolute atomic E-state index is 0.0351. The van der Waals surface area contributed by atoms with Gasteiger partial charge in [0.05, 0.1) is 0 Å². The van der Waals surface area contributed by atoms with E-state index in [0.29, 0.717) is 32.4 Å². The molecule has 0 bridgehead atoms. The number of amides is 2. The molecule has 4 rings (SSSR count). The van der Waals surface area contributed by atoms with Gasteiger partial charge < -0.3 is 14.5 Å². The number of rotatable bonds is 5. The maximum Gasteiger partial charge on any atom is 0.471 e. The van der Waals surface area contributed by atoms with Crippen molar-refractivity contribution < 1.29 is 27.5 Å². The molecule has 36 heavy (non-hydrogen) atoms. The predicted molar refractivity (Wildman–Crippen MR) is 132 cm³/mol. The average Bonchev–Trinajstić information content (AvgIpc) is 3.56. The summed E-state index contributed by atoms with van der Waals surface area (Å²) in [4.78, 5) is 27.8. The first-order valence-electron chi connectivity index (χ1n) is 12.9. The number of nitrogens with zero attached hydrogens (tertiary/aromatic N) is 2. The van der Waals surface area contributed by atoms with Gasteiger partial charge in [-0.15, -0.1) is 0 Å². The SMILES string of the molecule is CCC(=Cc1ccccc1)[C@@H]1C[C@H]1N(C(=O)C(F)(F)F)C1CC2(CCN(C(=O)OC(C)(C)C)CC2)C1. The molecule has 3 fully saturated rings. The zero-order valence-corrected chi connectivity index (χ0v) is 21.6. The van der Waals surface area contributed by atoms with Gasteiger partial charge in [-0.3, -0.25) is 4.79 Å². The average molecular weight is 507 g/mol. The van der Waals surface area contributed by atoms with Gasteiger partial charge in [-0.05, 0) is 70.3 Å². The maximum absolute atomic E-state index is 13.6. The zero-order valence-electron chi connectivity index (χ0n) is 21.6. The van der Waals surface area contributed by atoms with Crippen LogP contribution in [0.15, 0.2) is 35.9 Å². The second-order valence-corrected chi connectivity index (χ2v) is 11.6. The summed E-state index contributed by atoms with van der Waals surface area (Å²) >= 11 is 0. The van der Waals surface area contributed by atoms with Crippen LogP contribution in [0.3, 0.4) is 0 Å². The summed E-state index contributed by atoms with van der Waals surface area (Å²) in [6, 6.07) is 8.94. The summed E-state index contributed by atoms with van der Waals surface area (Å²) in [6.07, 6.45) is 0.691. The summed E-state index contributed by atoms with van der Waals surface area (Å²) in [5, 5.41) is 0. The quantitative estimate of drug-likeness (QED) is 0.462. The number of hydrogen-bond acceptors (Lipinski definition) is 3. The molecule has 0 unspecified atom stereocenters. The highest BCUT2D eigenvalue weighted by Crippen LogP contribution is 2.55. The largest absolute Gasteiger partial charge is 0.471 e. The fourth-order valence-electron chi connectivity index (χ4n) is 5.89.